The molecule has 10 nitrogen and oxygen atoms in total. The van der Waals surface area contributed by atoms with E-state index in [0.29, 0.717) is 29.0 Å². The largest absolute Gasteiger partial charge is 0.493 e. The molecule has 0 bridgehead atoms. The molecule has 2 aromatic heterocycles. The first-order chi connectivity index (χ1) is 18.5. The zero-order valence-electron chi connectivity index (χ0n) is 23.0. The molecule has 206 valence electrons. The van der Waals surface area contributed by atoms with Gasteiger partial charge in [-0.25, -0.2) is 19.2 Å². The number of aromatic nitrogens is 3. The molecule has 39 heavy (non-hydrogen) atoms. The number of rotatable bonds is 9. The fraction of sp³-hybridized carbons (Fsp3) is 0.357. The molecule has 0 fully saturated rings. The summed E-state index contributed by atoms with van der Waals surface area (Å²) in [5, 5.41) is 9.58. The number of ether oxygens (including phenoxy) is 2. The summed E-state index contributed by atoms with van der Waals surface area (Å²) in [6.07, 6.45) is 2.24. The van der Waals surface area contributed by atoms with Crippen LogP contribution in [0, 0.1) is 12.7 Å². The third-order valence-electron chi connectivity index (χ3n) is 5.79. The van der Waals surface area contributed by atoms with Crippen molar-refractivity contribution >= 4 is 28.4 Å². The Hall–Kier alpha value is -4.25. The lowest BCUT2D eigenvalue weighted by Crippen LogP contribution is -2.19. The van der Waals surface area contributed by atoms with E-state index in [1.807, 2.05) is 53.9 Å². The Morgan fingerprint density at radius 2 is 1.87 bits per heavy atom. The van der Waals surface area contributed by atoms with Crippen molar-refractivity contribution in [3.8, 4) is 17.4 Å². The van der Waals surface area contributed by atoms with Crippen LogP contribution < -0.4 is 20.1 Å². The van der Waals surface area contributed by atoms with Gasteiger partial charge in [-0.05, 0) is 57.3 Å². The number of hydrogen-bond donors (Lipinski definition) is 2. The number of anilines is 2. The third kappa shape index (κ3) is 7.20. The Balaban J connectivity index is 1.45. The average molecular weight is 537 g/mol. The maximum absolute atomic E-state index is 15.0. The second kappa shape index (κ2) is 11.6. The van der Waals surface area contributed by atoms with E-state index in [2.05, 4.69) is 30.7 Å². The van der Waals surface area contributed by atoms with Crippen LogP contribution in [0.5, 0.6) is 17.4 Å². The van der Waals surface area contributed by atoms with Crippen LogP contribution in [0.1, 0.15) is 38.5 Å². The Morgan fingerprint density at radius 1 is 1.08 bits per heavy atom. The van der Waals surface area contributed by atoms with E-state index in [9.17, 15) is 9.18 Å². The van der Waals surface area contributed by atoms with E-state index < -0.39 is 11.8 Å². The first-order valence-electron chi connectivity index (χ1n) is 12.5. The molecule has 2 N–H and O–H groups in total. The maximum Gasteiger partial charge on any atom is 0.324 e. The van der Waals surface area contributed by atoms with E-state index in [1.54, 1.807) is 6.07 Å². The van der Waals surface area contributed by atoms with Crippen LogP contribution in [-0.4, -0.2) is 53.3 Å². The zero-order valence-corrected chi connectivity index (χ0v) is 23.0. The molecular weight excluding hydrogens is 503 g/mol. The molecule has 4 aromatic rings. The number of amides is 2. The van der Waals surface area contributed by atoms with Crippen molar-refractivity contribution < 1.29 is 23.2 Å². The summed E-state index contributed by atoms with van der Waals surface area (Å²) in [5.41, 5.74) is 1.55. The summed E-state index contributed by atoms with van der Waals surface area (Å²) in [4.78, 5) is 23.0. The number of urea groups is 1. The molecule has 0 aliphatic rings. The lowest BCUT2D eigenvalue weighted by atomic mass is 9.93. The number of carbonyl (C=O) groups is 1. The summed E-state index contributed by atoms with van der Waals surface area (Å²) in [7, 11) is 4.03. The number of nitrogens with zero attached hydrogens (tertiary/aromatic N) is 4. The van der Waals surface area contributed by atoms with Gasteiger partial charge >= 0.3 is 6.03 Å². The van der Waals surface area contributed by atoms with Gasteiger partial charge in [0.15, 0.2) is 17.4 Å². The van der Waals surface area contributed by atoms with Gasteiger partial charge < -0.3 is 24.2 Å². The summed E-state index contributed by atoms with van der Waals surface area (Å²) in [6.45, 7) is 9.31. The van der Waals surface area contributed by atoms with Crippen molar-refractivity contribution in [1.29, 1.82) is 0 Å². The smallest absolute Gasteiger partial charge is 0.324 e. The highest BCUT2D eigenvalue weighted by molar-refractivity contribution is 5.99. The molecule has 2 aromatic carbocycles. The highest BCUT2D eigenvalue weighted by atomic mass is 19.1. The van der Waals surface area contributed by atoms with Gasteiger partial charge in [0.1, 0.15) is 17.8 Å². The van der Waals surface area contributed by atoms with Crippen LogP contribution in [0.15, 0.2) is 47.2 Å². The zero-order chi connectivity index (χ0) is 28.2. The number of fused-ring (bicyclic) bond motifs is 1. The van der Waals surface area contributed by atoms with Crippen molar-refractivity contribution in [2.24, 2.45) is 0 Å². The number of halogens is 1. The molecule has 11 heteroatoms. The molecule has 0 radical (unpaired) electrons. The fourth-order valence-corrected chi connectivity index (χ4v) is 3.70. The minimum absolute atomic E-state index is 0.0543. The number of aryl methyl sites for hydroxylation is 1. The minimum atomic E-state index is -0.678. The lowest BCUT2D eigenvalue weighted by Gasteiger charge is -2.14. The van der Waals surface area contributed by atoms with Gasteiger partial charge in [-0.1, -0.05) is 25.9 Å². The average Bonchev–Trinajstić information content (AvgIpc) is 3.33. The first-order valence-corrected chi connectivity index (χ1v) is 12.5. The van der Waals surface area contributed by atoms with Gasteiger partial charge in [-0.3, -0.25) is 5.32 Å². The van der Waals surface area contributed by atoms with Gasteiger partial charge in [0.2, 0.25) is 5.88 Å². The van der Waals surface area contributed by atoms with Crippen LogP contribution in [0.4, 0.5) is 20.7 Å². The summed E-state index contributed by atoms with van der Waals surface area (Å²) in [6, 6.07) is 8.84. The highest BCUT2D eigenvalue weighted by Gasteiger charge is 2.20. The standard InChI is InChI=1S/C28H33FN6O4/c1-17-12-21-19(14-23(17)37-11-7-10-35(5)6)26(31-16-30-21)38-22-9-8-18(13-20(22)29)32-27(36)33-25-15-24(39-34-25)28(2,3)4/h8-9,12-16H,7,10-11H2,1-6H3,(H2,32,33,34,36). The molecule has 0 atom stereocenters. The minimum Gasteiger partial charge on any atom is -0.493 e. The second-order valence-corrected chi connectivity index (χ2v) is 10.5. The van der Waals surface area contributed by atoms with Crippen molar-refractivity contribution in [2.75, 3.05) is 37.9 Å². The topological polar surface area (TPSA) is 115 Å². The SMILES string of the molecule is Cc1cc2ncnc(Oc3ccc(NC(=O)Nc4cc(C(C)(C)C)on4)cc3F)c2cc1OCCCN(C)C. The van der Waals surface area contributed by atoms with Crippen LogP contribution in [0.25, 0.3) is 10.9 Å². The van der Waals surface area contributed by atoms with Crippen molar-refractivity contribution in [2.45, 2.75) is 39.5 Å². The van der Waals surface area contributed by atoms with Gasteiger partial charge in [0, 0.05) is 29.8 Å². The third-order valence-corrected chi connectivity index (χ3v) is 5.79. The molecule has 0 aliphatic heterocycles. The highest BCUT2D eigenvalue weighted by Crippen LogP contribution is 2.33. The molecule has 2 amide bonds. The van der Waals surface area contributed by atoms with Crippen LogP contribution in [0.3, 0.4) is 0 Å². The molecule has 0 unspecified atom stereocenters. The van der Waals surface area contributed by atoms with Crippen LogP contribution in [-0.2, 0) is 5.41 Å². The molecule has 0 aliphatic carbocycles. The van der Waals surface area contributed by atoms with E-state index in [-0.39, 0.29) is 28.5 Å². The van der Waals surface area contributed by atoms with Crippen molar-refractivity contribution in [3.05, 3.63) is 59.9 Å². The first kappa shape index (κ1) is 27.8. The van der Waals surface area contributed by atoms with Crippen molar-refractivity contribution in [3.63, 3.8) is 0 Å². The summed E-state index contributed by atoms with van der Waals surface area (Å²) in [5.74, 6) is 1.03. The predicted octanol–water partition coefficient (Wildman–Crippen LogP) is 6.13. The molecule has 0 saturated heterocycles. The van der Waals surface area contributed by atoms with E-state index in [4.69, 9.17) is 14.0 Å². The fourth-order valence-electron chi connectivity index (χ4n) is 3.70. The van der Waals surface area contributed by atoms with Crippen LogP contribution >= 0.6 is 0 Å². The number of carbonyl (C=O) groups excluding carboxylic acids is 1. The molecule has 2 heterocycles. The molecule has 0 saturated carbocycles. The van der Waals surface area contributed by atoms with E-state index in [1.165, 1.54) is 18.5 Å². The Labute approximate surface area is 226 Å². The predicted molar refractivity (Wildman–Crippen MR) is 147 cm³/mol. The summed E-state index contributed by atoms with van der Waals surface area (Å²) >= 11 is 0. The van der Waals surface area contributed by atoms with Crippen molar-refractivity contribution in [1.82, 2.24) is 20.0 Å². The summed E-state index contributed by atoms with van der Waals surface area (Å²) < 4.78 is 32.0. The van der Waals surface area contributed by atoms with Gasteiger partial charge in [0.25, 0.3) is 0 Å². The molecule has 0 spiro atoms. The normalized spacial score (nSPS) is 11.6. The lowest BCUT2D eigenvalue weighted by molar-refractivity contribution is 0.262. The van der Waals surface area contributed by atoms with Gasteiger partial charge in [-0.2, -0.15) is 0 Å². The Bertz CT molecular complexity index is 1460. The number of nitrogens with one attached hydrogen (secondary N) is 2. The second-order valence-electron chi connectivity index (χ2n) is 10.5. The monoisotopic (exact) mass is 536 g/mol. The number of benzene rings is 2. The van der Waals surface area contributed by atoms with Gasteiger partial charge in [0.05, 0.1) is 17.5 Å². The quantitative estimate of drug-likeness (QED) is 0.246. The molecular formula is C28H33FN6O4. The Kier molecular flexibility index (Phi) is 8.29. The van der Waals surface area contributed by atoms with Crippen LogP contribution in [0.2, 0.25) is 0 Å². The Morgan fingerprint density at radius 3 is 2.56 bits per heavy atom. The maximum atomic E-state index is 15.0. The molecule has 4 rings (SSSR count). The van der Waals surface area contributed by atoms with E-state index >= 15 is 0 Å². The van der Waals surface area contributed by atoms with E-state index in [0.717, 1.165) is 24.6 Å². The van der Waals surface area contributed by atoms with Gasteiger partial charge in [-0.15, -0.1) is 0 Å². The number of hydrogen-bond acceptors (Lipinski definition) is 8.